The van der Waals surface area contributed by atoms with E-state index < -0.39 is 0 Å². The molecule has 3 heteroatoms. The molecule has 64 valence electrons. The molecule has 0 aliphatic carbocycles. The lowest BCUT2D eigenvalue weighted by molar-refractivity contribution is 0.160. The fraction of sp³-hybridized carbons (Fsp3) is 0.444. The monoisotopic (exact) mass is 164 g/mol. The van der Waals surface area contributed by atoms with Crippen LogP contribution >= 0.6 is 0 Å². The average molecular weight is 164 g/mol. The Morgan fingerprint density at radius 3 is 3.08 bits per heavy atom. The van der Waals surface area contributed by atoms with E-state index >= 15 is 0 Å². The third-order valence-electron chi connectivity index (χ3n) is 2.23. The van der Waals surface area contributed by atoms with Crippen molar-refractivity contribution in [2.45, 2.75) is 18.6 Å². The first kappa shape index (κ1) is 7.71. The molecule has 2 unspecified atom stereocenters. The standard InChI is InChI=1S/C9H12N2O/c12-8-3-5-11-9(8)7-2-1-4-10-6-7/h1-2,4,6,8-9,11-12H,3,5H2. The van der Waals surface area contributed by atoms with Crippen molar-refractivity contribution in [1.29, 1.82) is 0 Å². The molecule has 0 saturated carbocycles. The largest absolute Gasteiger partial charge is 0.391 e. The molecule has 2 rings (SSSR count). The summed E-state index contributed by atoms with van der Waals surface area (Å²) >= 11 is 0. The molecule has 0 radical (unpaired) electrons. The van der Waals surface area contributed by atoms with Crippen molar-refractivity contribution >= 4 is 0 Å². The Kier molecular flexibility index (Phi) is 2.06. The second-order valence-corrected chi connectivity index (χ2v) is 3.07. The minimum absolute atomic E-state index is 0.0821. The highest BCUT2D eigenvalue weighted by atomic mass is 16.3. The van der Waals surface area contributed by atoms with Crippen molar-refractivity contribution in [2.75, 3.05) is 6.54 Å². The molecule has 3 nitrogen and oxygen atoms in total. The number of rotatable bonds is 1. The van der Waals surface area contributed by atoms with E-state index in [1.165, 1.54) is 0 Å². The molecule has 2 atom stereocenters. The van der Waals surface area contributed by atoms with Gasteiger partial charge in [-0.2, -0.15) is 0 Å². The van der Waals surface area contributed by atoms with Crippen molar-refractivity contribution in [2.24, 2.45) is 0 Å². The lowest BCUT2D eigenvalue weighted by Gasteiger charge is -2.13. The van der Waals surface area contributed by atoms with E-state index in [2.05, 4.69) is 10.3 Å². The summed E-state index contributed by atoms with van der Waals surface area (Å²) in [7, 11) is 0. The lowest BCUT2D eigenvalue weighted by atomic mass is 10.1. The Hall–Kier alpha value is -0.930. The molecule has 0 bridgehead atoms. The summed E-state index contributed by atoms with van der Waals surface area (Å²) in [5, 5.41) is 12.8. The quantitative estimate of drug-likeness (QED) is 0.634. The summed E-state index contributed by atoms with van der Waals surface area (Å²) in [4.78, 5) is 4.01. The molecule has 0 spiro atoms. The molecule has 12 heavy (non-hydrogen) atoms. The Morgan fingerprint density at radius 2 is 2.50 bits per heavy atom. The van der Waals surface area contributed by atoms with E-state index in [1.54, 1.807) is 12.4 Å². The number of hydrogen-bond donors (Lipinski definition) is 2. The van der Waals surface area contributed by atoms with Crippen LogP contribution in [0.1, 0.15) is 18.0 Å². The van der Waals surface area contributed by atoms with Gasteiger partial charge in [0.05, 0.1) is 12.1 Å². The molecule has 2 heterocycles. The van der Waals surface area contributed by atoms with Gasteiger partial charge in [-0.3, -0.25) is 4.98 Å². The fourth-order valence-corrected chi connectivity index (χ4v) is 1.59. The van der Waals surface area contributed by atoms with Gasteiger partial charge in [-0.1, -0.05) is 6.07 Å². The SMILES string of the molecule is OC1CCNC1c1cccnc1. The van der Waals surface area contributed by atoms with Gasteiger partial charge in [0.1, 0.15) is 0 Å². The van der Waals surface area contributed by atoms with Gasteiger partial charge < -0.3 is 10.4 Å². The van der Waals surface area contributed by atoms with Gasteiger partial charge in [-0.25, -0.2) is 0 Å². The van der Waals surface area contributed by atoms with E-state index in [-0.39, 0.29) is 12.1 Å². The minimum Gasteiger partial charge on any atom is -0.391 e. The summed E-state index contributed by atoms with van der Waals surface area (Å²) < 4.78 is 0. The first-order valence-electron chi connectivity index (χ1n) is 4.19. The normalized spacial score (nSPS) is 29.1. The number of aromatic nitrogens is 1. The van der Waals surface area contributed by atoms with Gasteiger partial charge in [-0.05, 0) is 24.6 Å². The average Bonchev–Trinajstić information content (AvgIpc) is 2.53. The summed E-state index contributed by atoms with van der Waals surface area (Å²) in [5.74, 6) is 0. The van der Waals surface area contributed by atoms with Crippen molar-refractivity contribution < 1.29 is 5.11 Å². The molecule has 1 saturated heterocycles. The topological polar surface area (TPSA) is 45.1 Å². The zero-order chi connectivity index (χ0) is 8.39. The van der Waals surface area contributed by atoms with Crippen LogP contribution in [0.5, 0.6) is 0 Å². The van der Waals surface area contributed by atoms with Crippen LogP contribution in [0.25, 0.3) is 0 Å². The van der Waals surface area contributed by atoms with Crippen LogP contribution in [0.4, 0.5) is 0 Å². The van der Waals surface area contributed by atoms with Crippen LogP contribution in [0.3, 0.4) is 0 Å². The number of nitrogens with zero attached hydrogens (tertiary/aromatic N) is 1. The van der Waals surface area contributed by atoms with Crippen molar-refractivity contribution in [3.8, 4) is 0 Å². The molecule has 1 aliphatic heterocycles. The molecular weight excluding hydrogens is 152 g/mol. The highest BCUT2D eigenvalue weighted by Crippen LogP contribution is 2.22. The number of aliphatic hydroxyl groups is 1. The predicted octanol–water partition coefficient (Wildman–Crippen LogP) is 0.477. The van der Waals surface area contributed by atoms with Crippen LogP contribution in [-0.4, -0.2) is 22.7 Å². The molecule has 2 N–H and O–H groups in total. The Labute approximate surface area is 71.4 Å². The van der Waals surface area contributed by atoms with Crippen LogP contribution in [-0.2, 0) is 0 Å². The first-order chi connectivity index (χ1) is 5.88. The maximum absolute atomic E-state index is 9.55. The van der Waals surface area contributed by atoms with Gasteiger partial charge in [0.15, 0.2) is 0 Å². The second kappa shape index (κ2) is 3.21. The third-order valence-corrected chi connectivity index (χ3v) is 2.23. The molecule has 1 aliphatic rings. The van der Waals surface area contributed by atoms with Crippen molar-refractivity contribution in [3.63, 3.8) is 0 Å². The maximum atomic E-state index is 9.55. The van der Waals surface area contributed by atoms with E-state index in [1.807, 2.05) is 12.1 Å². The van der Waals surface area contributed by atoms with Crippen LogP contribution < -0.4 is 5.32 Å². The highest BCUT2D eigenvalue weighted by Gasteiger charge is 2.25. The van der Waals surface area contributed by atoms with Gasteiger partial charge in [-0.15, -0.1) is 0 Å². The lowest BCUT2D eigenvalue weighted by Crippen LogP contribution is -2.20. The molecular formula is C9H12N2O. The predicted molar refractivity (Wildman–Crippen MR) is 45.6 cm³/mol. The van der Waals surface area contributed by atoms with Gasteiger partial charge in [0.25, 0.3) is 0 Å². The Morgan fingerprint density at radius 1 is 1.58 bits per heavy atom. The smallest absolute Gasteiger partial charge is 0.0747 e. The summed E-state index contributed by atoms with van der Waals surface area (Å²) in [5.41, 5.74) is 1.07. The van der Waals surface area contributed by atoms with Gasteiger partial charge >= 0.3 is 0 Å². The number of pyridine rings is 1. The van der Waals surface area contributed by atoms with E-state index in [0.29, 0.717) is 0 Å². The van der Waals surface area contributed by atoms with E-state index in [9.17, 15) is 5.11 Å². The Bertz CT molecular complexity index is 250. The number of aliphatic hydroxyl groups excluding tert-OH is 1. The Balaban J connectivity index is 2.19. The molecule has 0 amide bonds. The summed E-state index contributed by atoms with van der Waals surface area (Å²) in [6.07, 6.45) is 4.12. The van der Waals surface area contributed by atoms with Crippen LogP contribution in [0.2, 0.25) is 0 Å². The first-order valence-corrected chi connectivity index (χ1v) is 4.19. The minimum atomic E-state index is -0.255. The summed E-state index contributed by atoms with van der Waals surface area (Å²) in [6, 6.07) is 3.96. The molecule has 0 aromatic carbocycles. The molecule has 1 aromatic heterocycles. The summed E-state index contributed by atoms with van der Waals surface area (Å²) in [6.45, 7) is 0.890. The van der Waals surface area contributed by atoms with Crippen molar-refractivity contribution in [3.05, 3.63) is 30.1 Å². The zero-order valence-corrected chi connectivity index (χ0v) is 6.77. The molecule has 1 fully saturated rings. The maximum Gasteiger partial charge on any atom is 0.0747 e. The van der Waals surface area contributed by atoms with E-state index in [4.69, 9.17) is 0 Å². The fourth-order valence-electron chi connectivity index (χ4n) is 1.59. The third kappa shape index (κ3) is 1.33. The van der Waals surface area contributed by atoms with Crippen LogP contribution in [0, 0.1) is 0 Å². The van der Waals surface area contributed by atoms with Gasteiger partial charge in [0, 0.05) is 12.4 Å². The van der Waals surface area contributed by atoms with Crippen molar-refractivity contribution in [1.82, 2.24) is 10.3 Å². The number of hydrogen-bond acceptors (Lipinski definition) is 3. The van der Waals surface area contributed by atoms with Gasteiger partial charge in [0.2, 0.25) is 0 Å². The van der Waals surface area contributed by atoms with E-state index in [0.717, 1.165) is 18.5 Å². The zero-order valence-electron chi connectivity index (χ0n) is 6.77. The second-order valence-electron chi connectivity index (χ2n) is 3.07. The number of nitrogens with one attached hydrogen (secondary N) is 1. The molecule has 1 aromatic rings. The highest BCUT2D eigenvalue weighted by molar-refractivity contribution is 5.16. The van der Waals surface area contributed by atoms with Crippen LogP contribution in [0.15, 0.2) is 24.5 Å².